The summed E-state index contributed by atoms with van der Waals surface area (Å²) in [6.07, 6.45) is 0. The van der Waals surface area contributed by atoms with Crippen molar-refractivity contribution in [3.05, 3.63) is 0 Å². The first kappa shape index (κ1) is 16.4. The van der Waals surface area contributed by atoms with Crippen LogP contribution in [0.1, 0.15) is 27.7 Å². The highest BCUT2D eigenvalue weighted by Crippen LogP contribution is 2.11. The smallest absolute Gasteiger partial charge is 0.323 e. The van der Waals surface area contributed by atoms with Crippen molar-refractivity contribution in [2.75, 3.05) is 37.9 Å². The summed E-state index contributed by atoms with van der Waals surface area (Å²) in [6.45, 7) is 10.0. The maximum atomic E-state index is 5.65. The number of anilines is 2. The Bertz CT molecular complexity index is 413. The topological polar surface area (TPSA) is 80.4 Å². The molecule has 7 heteroatoms. The maximum absolute atomic E-state index is 5.65. The van der Waals surface area contributed by atoms with E-state index in [1.807, 2.05) is 14.1 Å². The van der Waals surface area contributed by atoms with Crippen LogP contribution < -0.4 is 15.4 Å². The molecule has 0 radical (unpaired) electrons. The minimum absolute atomic E-state index is 0.170. The first-order valence-corrected chi connectivity index (χ1v) is 6.88. The van der Waals surface area contributed by atoms with Gasteiger partial charge in [-0.2, -0.15) is 15.0 Å². The van der Waals surface area contributed by atoms with Crippen LogP contribution in [0.3, 0.4) is 0 Å². The summed E-state index contributed by atoms with van der Waals surface area (Å²) < 4.78 is 5.60. The Morgan fingerprint density at radius 1 is 1.05 bits per heavy atom. The van der Waals surface area contributed by atoms with Crippen LogP contribution in [0.2, 0.25) is 0 Å². The summed E-state index contributed by atoms with van der Waals surface area (Å²) in [5.41, 5.74) is 5.65. The zero-order valence-corrected chi connectivity index (χ0v) is 13.3. The zero-order chi connectivity index (χ0) is 15.3. The molecular weight excluding hydrogens is 256 g/mol. The Morgan fingerprint density at radius 2 is 1.65 bits per heavy atom. The van der Waals surface area contributed by atoms with Crippen LogP contribution in [0.5, 0.6) is 6.01 Å². The van der Waals surface area contributed by atoms with E-state index in [2.05, 4.69) is 47.5 Å². The number of hydrogen-bond acceptors (Lipinski definition) is 7. The molecule has 0 fully saturated rings. The molecule has 0 saturated carbocycles. The highest BCUT2D eigenvalue weighted by Gasteiger charge is 2.14. The molecule has 0 atom stereocenters. The first-order chi connectivity index (χ1) is 9.31. The highest BCUT2D eigenvalue weighted by molar-refractivity contribution is 5.33. The predicted molar refractivity (Wildman–Crippen MR) is 81.0 cm³/mol. The monoisotopic (exact) mass is 282 g/mol. The third kappa shape index (κ3) is 4.80. The molecule has 0 aliphatic carbocycles. The van der Waals surface area contributed by atoms with E-state index in [4.69, 9.17) is 10.5 Å². The van der Waals surface area contributed by atoms with Crippen LogP contribution in [0.25, 0.3) is 0 Å². The quantitative estimate of drug-likeness (QED) is 0.799. The van der Waals surface area contributed by atoms with Crippen molar-refractivity contribution in [2.45, 2.75) is 39.8 Å². The molecule has 1 aromatic heterocycles. The number of hydrogen-bond donors (Lipinski definition) is 1. The third-order valence-corrected chi connectivity index (χ3v) is 2.93. The Hall–Kier alpha value is -1.63. The molecule has 2 N–H and O–H groups in total. The molecule has 0 aliphatic rings. The van der Waals surface area contributed by atoms with Gasteiger partial charge in [-0.05, 0) is 27.7 Å². The van der Waals surface area contributed by atoms with Gasteiger partial charge in [0.15, 0.2) is 0 Å². The van der Waals surface area contributed by atoms with E-state index in [9.17, 15) is 0 Å². The van der Waals surface area contributed by atoms with Gasteiger partial charge in [-0.3, -0.25) is 4.90 Å². The number of nitrogens with zero attached hydrogens (tertiary/aromatic N) is 5. The van der Waals surface area contributed by atoms with E-state index < -0.39 is 0 Å². The van der Waals surface area contributed by atoms with Crippen molar-refractivity contribution in [1.29, 1.82) is 0 Å². The molecule has 0 spiro atoms. The fourth-order valence-corrected chi connectivity index (χ4v) is 1.98. The van der Waals surface area contributed by atoms with E-state index in [0.29, 0.717) is 24.6 Å². The van der Waals surface area contributed by atoms with Gasteiger partial charge >= 0.3 is 6.01 Å². The van der Waals surface area contributed by atoms with E-state index in [0.717, 1.165) is 6.54 Å². The number of rotatable bonds is 7. The van der Waals surface area contributed by atoms with Gasteiger partial charge in [0.1, 0.15) is 6.61 Å². The highest BCUT2D eigenvalue weighted by atomic mass is 16.5. The van der Waals surface area contributed by atoms with Gasteiger partial charge in [0, 0.05) is 32.7 Å². The predicted octanol–water partition coefficient (Wildman–Crippen LogP) is 1.02. The molecule has 0 aliphatic heterocycles. The van der Waals surface area contributed by atoms with Gasteiger partial charge in [0.2, 0.25) is 11.9 Å². The minimum atomic E-state index is 0.170. The van der Waals surface area contributed by atoms with Crippen molar-refractivity contribution in [3.8, 4) is 6.01 Å². The van der Waals surface area contributed by atoms with Crippen LogP contribution in [0.4, 0.5) is 11.9 Å². The van der Waals surface area contributed by atoms with Crippen molar-refractivity contribution in [1.82, 2.24) is 19.9 Å². The average Bonchev–Trinajstić information content (AvgIpc) is 2.32. The van der Waals surface area contributed by atoms with Gasteiger partial charge < -0.3 is 15.4 Å². The molecule has 0 unspecified atom stereocenters. The molecule has 20 heavy (non-hydrogen) atoms. The molecule has 1 aromatic rings. The average molecular weight is 282 g/mol. The number of nitrogens with two attached hydrogens (primary N) is 1. The lowest BCUT2D eigenvalue weighted by Crippen LogP contribution is -2.39. The Kier molecular flexibility index (Phi) is 5.94. The molecule has 0 bridgehead atoms. The second kappa shape index (κ2) is 7.23. The fourth-order valence-electron chi connectivity index (χ4n) is 1.98. The van der Waals surface area contributed by atoms with Crippen molar-refractivity contribution >= 4 is 11.9 Å². The normalized spacial score (nSPS) is 11.4. The maximum Gasteiger partial charge on any atom is 0.323 e. The Morgan fingerprint density at radius 3 is 2.15 bits per heavy atom. The SMILES string of the molecule is CC(C)N(CCOc1nc(N)nc(N(C)C)n1)C(C)C. The van der Waals surface area contributed by atoms with Crippen LogP contribution >= 0.6 is 0 Å². The molecular formula is C13H26N6O. The first-order valence-electron chi connectivity index (χ1n) is 6.88. The lowest BCUT2D eigenvalue weighted by Gasteiger charge is -2.30. The van der Waals surface area contributed by atoms with Crippen LogP contribution in [0.15, 0.2) is 0 Å². The Labute approximate surface area is 121 Å². The second-order valence-electron chi connectivity index (χ2n) is 5.44. The van der Waals surface area contributed by atoms with Crippen LogP contribution in [-0.2, 0) is 0 Å². The summed E-state index contributed by atoms with van der Waals surface area (Å²) in [5, 5.41) is 0. The molecule has 114 valence electrons. The molecule has 1 heterocycles. The van der Waals surface area contributed by atoms with Gasteiger partial charge in [-0.15, -0.1) is 0 Å². The standard InChI is InChI=1S/C13H26N6O/c1-9(2)19(10(3)4)7-8-20-13-16-11(14)15-12(17-13)18(5)6/h9-10H,7-8H2,1-6H3,(H2,14,15,16,17). The van der Waals surface area contributed by atoms with E-state index in [-0.39, 0.29) is 12.0 Å². The third-order valence-electron chi connectivity index (χ3n) is 2.93. The van der Waals surface area contributed by atoms with Gasteiger partial charge in [-0.1, -0.05) is 0 Å². The van der Waals surface area contributed by atoms with Crippen molar-refractivity contribution in [2.24, 2.45) is 0 Å². The van der Waals surface area contributed by atoms with Crippen molar-refractivity contribution in [3.63, 3.8) is 0 Å². The fraction of sp³-hybridized carbons (Fsp3) is 0.769. The van der Waals surface area contributed by atoms with E-state index in [1.54, 1.807) is 4.90 Å². The summed E-state index contributed by atoms with van der Waals surface area (Å²) >= 11 is 0. The second-order valence-corrected chi connectivity index (χ2v) is 5.44. The van der Waals surface area contributed by atoms with Crippen LogP contribution in [0, 0.1) is 0 Å². The molecule has 0 aromatic carbocycles. The summed E-state index contributed by atoms with van der Waals surface area (Å²) in [7, 11) is 3.69. The summed E-state index contributed by atoms with van der Waals surface area (Å²) in [6, 6.07) is 1.22. The molecule has 1 rings (SSSR count). The Balaban J connectivity index is 2.61. The lowest BCUT2D eigenvalue weighted by molar-refractivity contribution is 0.138. The van der Waals surface area contributed by atoms with Gasteiger partial charge in [0.05, 0.1) is 0 Å². The summed E-state index contributed by atoms with van der Waals surface area (Å²) in [5.74, 6) is 0.667. The minimum Gasteiger partial charge on any atom is -0.462 e. The van der Waals surface area contributed by atoms with Crippen molar-refractivity contribution < 1.29 is 4.74 Å². The van der Waals surface area contributed by atoms with Gasteiger partial charge in [0.25, 0.3) is 0 Å². The number of aromatic nitrogens is 3. The molecule has 7 nitrogen and oxygen atoms in total. The van der Waals surface area contributed by atoms with E-state index >= 15 is 0 Å². The number of ether oxygens (including phenoxy) is 1. The zero-order valence-electron chi connectivity index (χ0n) is 13.3. The van der Waals surface area contributed by atoms with Crippen LogP contribution in [-0.4, -0.2) is 59.2 Å². The summed E-state index contributed by atoms with van der Waals surface area (Å²) in [4.78, 5) is 16.3. The number of nitrogen functional groups attached to an aromatic ring is 1. The van der Waals surface area contributed by atoms with E-state index in [1.165, 1.54) is 0 Å². The largest absolute Gasteiger partial charge is 0.462 e. The lowest BCUT2D eigenvalue weighted by atomic mass is 10.2. The molecule has 0 amide bonds. The molecule has 0 saturated heterocycles. The van der Waals surface area contributed by atoms with Gasteiger partial charge in [-0.25, -0.2) is 0 Å².